The van der Waals surface area contributed by atoms with Crippen molar-refractivity contribution in [2.75, 3.05) is 53.4 Å². The van der Waals surface area contributed by atoms with E-state index in [9.17, 15) is 5.11 Å². The molecule has 2 saturated heterocycles. The quantitative estimate of drug-likeness (QED) is 0.712. The summed E-state index contributed by atoms with van der Waals surface area (Å²) in [5.41, 5.74) is 0. The minimum Gasteiger partial charge on any atom is -0.390 e. The number of hydrogen-bond acceptors (Lipinski definition) is 5. The third-order valence-corrected chi connectivity index (χ3v) is 4.67. The molecule has 5 nitrogen and oxygen atoms in total. The molecular weight excluding hydrogens is 266 g/mol. The molecule has 0 aromatic carbocycles. The molecule has 0 aromatic heterocycles. The van der Waals surface area contributed by atoms with Crippen LogP contribution in [0.2, 0.25) is 0 Å². The molecule has 0 aromatic rings. The van der Waals surface area contributed by atoms with Crippen LogP contribution in [0.3, 0.4) is 0 Å². The smallest absolute Gasteiger partial charge is 0.0791 e. The van der Waals surface area contributed by atoms with Crippen molar-refractivity contribution < 1.29 is 9.84 Å². The van der Waals surface area contributed by atoms with Crippen LogP contribution in [0.15, 0.2) is 0 Å². The highest BCUT2D eigenvalue weighted by Gasteiger charge is 2.28. The Kier molecular flexibility index (Phi) is 6.89. The zero-order valence-corrected chi connectivity index (χ0v) is 13.9. The lowest BCUT2D eigenvalue weighted by molar-refractivity contribution is 0.0488. The van der Waals surface area contributed by atoms with Crippen LogP contribution in [0.1, 0.15) is 26.2 Å². The lowest BCUT2D eigenvalue weighted by Gasteiger charge is -2.38. The summed E-state index contributed by atoms with van der Waals surface area (Å²) >= 11 is 0. The second kappa shape index (κ2) is 8.44. The molecule has 124 valence electrons. The SMILES string of the molecule is CC1CN(CC2CCCO2)CCC1NCC(O)CN(C)C. The molecule has 0 radical (unpaired) electrons. The van der Waals surface area contributed by atoms with Crippen molar-refractivity contribution in [2.24, 2.45) is 5.92 Å². The van der Waals surface area contributed by atoms with Gasteiger partial charge in [-0.1, -0.05) is 6.92 Å². The number of ether oxygens (including phenoxy) is 1. The Balaban J connectivity index is 1.65. The van der Waals surface area contributed by atoms with Crippen LogP contribution < -0.4 is 5.32 Å². The first kappa shape index (κ1) is 17.2. The van der Waals surface area contributed by atoms with Crippen molar-refractivity contribution in [2.45, 2.75) is 44.4 Å². The molecule has 2 aliphatic rings. The first-order chi connectivity index (χ1) is 10.0. The summed E-state index contributed by atoms with van der Waals surface area (Å²) in [6, 6.07) is 0.530. The minimum atomic E-state index is -0.280. The fourth-order valence-electron chi connectivity index (χ4n) is 3.55. The van der Waals surface area contributed by atoms with Crippen LogP contribution in [0.4, 0.5) is 0 Å². The van der Waals surface area contributed by atoms with Crippen molar-refractivity contribution in [3.63, 3.8) is 0 Å². The highest BCUT2D eigenvalue weighted by atomic mass is 16.5. The van der Waals surface area contributed by atoms with Crippen LogP contribution >= 0.6 is 0 Å². The van der Waals surface area contributed by atoms with Crippen LogP contribution in [-0.2, 0) is 4.74 Å². The number of aliphatic hydroxyl groups excluding tert-OH is 1. The van der Waals surface area contributed by atoms with E-state index in [0.29, 0.717) is 24.6 Å². The first-order valence-corrected chi connectivity index (χ1v) is 8.44. The van der Waals surface area contributed by atoms with Gasteiger partial charge in [-0.25, -0.2) is 0 Å². The maximum absolute atomic E-state index is 9.95. The standard InChI is InChI=1S/C16H33N3O2/c1-13-10-19(12-15-5-4-8-21-15)7-6-16(13)17-9-14(20)11-18(2)3/h13-17,20H,4-12H2,1-3H3. The van der Waals surface area contributed by atoms with Gasteiger partial charge in [0.25, 0.3) is 0 Å². The fourth-order valence-corrected chi connectivity index (χ4v) is 3.55. The van der Waals surface area contributed by atoms with Crippen molar-refractivity contribution >= 4 is 0 Å². The first-order valence-electron chi connectivity index (χ1n) is 8.44. The molecule has 21 heavy (non-hydrogen) atoms. The predicted octanol–water partition coefficient (Wildman–Crippen LogP) is 0.388. The van der Waals surface area contributed by atoms with Gasteiger partial charge in [0, 0.05) is 38.8 Å². The van der Waals surface area contributed by atoms with E-state index in [1.807, 2.05) is 19.0 Å². The summed E-state index contributed by atoms with van der Waals surface area (Å²) in [4.78, 5) is 4.58. The van der Waals surface area contributed by atoms with E-state index >= 15 is 0 Å². The van der Waals surface area contributed by atoms with E-state index in [1.165, 1.54) is 19.3 Å². The lowest BCUT2D eigenvalue weighted by Crippen LogP contribution is -2.51. The Morgan fingerprint density at radius 3 is 2.81 bits per heavy atom. The van der Waals surface area contributed by atoms with Gasteiger partial charge in [-0.2, -0.15) is 0 Å². The number of nitrogens with one attached hydrogen (secondary N) is 1. The maximum atomic E-state index is 9.95. The van der Waals surface area contributed by atoms with E-state index in [4.69, 9.17) is 4.74 Å². The summed E-state index contributed by atoms with van der Waals surface area (Å²) in [5.74, 6) is 0.631. The number of rotatable bonds is 7. The second-order valence-electron chi connectivity index (χ2n) is 7.09. The van der Waals surface area contributed by atoms with Crippen molar-refractivity contribution in [1.82, 2.24) is 15.1 Å². The van der Waals surface area contributed by atoms with Gasteiger partial charge in [0.05, 0.1) is 12.2 Å². The largest absolute Gasteiger partial charge is 0.390 e. The van der Waals surface area contributed by atoms with Crippen molar-refractivity contribution in [1.29, 1.82) is 0 Å². The molecule has 2 aliphatic heterocycles. The molecule has 2 heterocycles. The Bertz CT molecular complexity index is 295. The molecule has 2 fully saturated rings. The second-order valence-corrected chi connectivity index (χ2v) is 7.09. The van der Waals surface area contributed by atoms with Gasteiger partial charge < -0.3 is 25.0 Å². The summed E-state index contributed by atoms with van der Waals surface area (Å²) in [6.45, 7) is 8.06. The van der Waals surface area contributed by atoms with E-state index in [-0.39, 0.29) is 6.10 Å². The molecule has 4 unspecified atom stereocenters. The number of hydrogen-bond donors (Lipinski definition) is 2. The molecule has 0 saturated carbocycles. The van der Waals surface area contributed by atoms with E-state index in [0.717, 1.165) is 32.8 Å². The molecule has 0 aliphatic carbocycles. The third-order valence-electron chi connectivity index (χ3n) is 4.67. The lowest BCUT2D eigenvalue weighted by atomic mass is 9.93. The third kappa shape index (κ3) is 5.83. The molecule has 2 N–H and O–H groups in total. The molecular formula is C16H33N3O2. The summed E-state index contributed by atoms with van der Waals surface area (Å²) < 4.78 is 5.74. The van der Waals surface area contributed by atoms with E-state index in [2.05, 4.69) is 17.1 Å². The Hall–Kier alpha value is -0.200. The van der Waals surface area contributed by atoms with E-state index < -0.39 is 0 Å². The zero-order valence-electron chi connectivity index (χ0n) is 13.9. The molecule has 0 amide bonds. The van der Waals surface area contributed by atoms with Gasteiger partial charge in [0.2, 0.25) is 0 Å². The van der Waals surface area contributed by atoms with Crippen LogP contribution in [0.25, 0.3) is 0 Å². The van der Waals surface area contributed by atoms with Crippen LogP contribution in [0.5, 0.6) is 0 Å². The number of aliphatic hydroxyl groups is 1. The number of likely N-dealkylation sites (N-methyl/N-ethyl adjacent to an activating group) is 1. The van der Waals surface area contributed by atoms with Crippen LogP contribution in [-0.4, -0.2) is 86.6 Å². The Labute approximate surface area is 129 Å². The minimum absolute atomic E-state index is 0.280. The van der Waals surface area contributed by atoms with Crippen molar-refractivity contribution in [3.8, 4) is 0 Å². The zero-order chi connectivity index (χ0) is 15.2. The topological polar surface area (TPSA) is 48.0 Å². The normalized spacial score (nSPS) is 32.7. The molecule has 0 spiro atoms. The van der Waals surface area contributed by atoms with Crippen LogP contribution in [0, 0.1) is 5.92 Å². The average molecular weight is 299 g/mol. The van der Waals surface area contributed by atoms with E-state index in [1.54, 1.807) is 0 Å². The monoisotopic (exact) mass is 299 g/mol. The van der Waals surface area contributed by atoms with Gasteiger partial charge in [-0.3, -0.25) is 0 Å². The van der Waals surface area contributed by atoms with Gasteiger partial charge >= 0.3 is 0 Å². The predicted molar refractivity (Wildman–Crippen MR) is 85.5 cm³/mol. The molecule has 0 bridgehead atoms. The molecule has 4 atom stereocenters. The number of nitrogens with zero attached hydrogens (tertiary/aromatic N) is 2. The number of piperidine rings is 1. The van der Waals surface area contributed by atoms with Gasteiger partial charge in [-0.05, 0) is 45.8 Å². The highest BCUT2D eigenvalue weighted by molar-refractivity contribution is 4.85. The maximum Gasteiger partial charge on any atom is 0.0791 e. The Morgan fingerprint density at radius 1 is 1.38 bits per heavy atom. The van der Waals surface area contributed by atoms with Gasteiger partial charge in [0.1, 0.15) is 0 Å². The average Bonchev–Trinajstić information content (AvgIpc) is 2.90. The summed E-state index contributed by atoms with van der Waals surface area (Å²) in [6.07, 6.45) is 3.80. The molecule has 5 heteroatoms. The van der Waals surface area contributed by atoms with Gasteiger partial charge in [0.15, 0.2) is 0 Å². The van der Waals surface area contributed by atoms with Gasteiger partial charge in [-0.15, -0.1) is 0 Å². The molecule has 2 rings (SSSR count). The summed E-state index contributed by atoms with van der Waals surface area (Å²) in [5, 5.41) is 13.5. The van der Waals surface area contributed by atoms with Crippen molar-refractivity contribution in [3.05, 3.63) is 0 Å². The highest BCUT2D eigenvalue weighted by Crippen LogP contribution is 2.20. The summed E-state index contributed by atoms with van der Waals surface area (Å²) in [7, 11) is 3.99. The Morgan fingerprint density at radius 2 is 2.19 bits per heavy atom. The number of likely N-dealkylation sites (tertiary alicyclic amines) is 1. The fraction of sp³-hybridized carbons (Fsp3) is 1.00.